The molecule has 1 aliphatic heterocycles. The van der Waals surface area contributed by atoms with Crippen LogP contribution in [-0.4, -0.2) is 68.0 Å². The molecule has 1 aliphatic carbocycles. The number of aliphatic hydroxyl groups excluding tert-OH is 3. The number of hydrogen-bond donors (Lipinski definition) is 5. The van der Waals surface area contributed by atoms with E-state index < -0.39 is 48.4 Å². The predicted molar refractivity (Wildman–Crippen MR) is 99.9 cm³/mol. The topological polar surface area (TPSA) is 154 Å². The lowest BCUT2D eigenvalue weighted by Crippen LogP contribution is -2.60. The Labute approximate surface area is 170 Å². The molecule has 0 saturated carbocycles. The van der Waals surface area contributed by atoms with Crippen LogP contribution in [0.4, 0.5) is 0 Å². The molecule has 1 heterocycles. The first-order valence-corrected chi connectivity index (χ1v) is 9.27. The van der Waals surface area contributed by atoms with E-state index in [1.54, 1.807) is 12.1 Å². The standard InChI is InChI=1S/C21H20O9/c1-8(22)29-21-19(28)17(26)18(27)20(30-21)13-9-4-2-6-11(23)14(9)16(25)15-10(13)5-3-7-12(15)24/h2-7,13,17-21,23-24,26-28H,1H3. The lowest BCUT2D eigenvalue weighted by molar-refractivity contribution is -0.289. The highest BCUT2D eigenvalue weighted by Gasteiger charge is 2.51. The van der Waals surface area contributed by atoms with Crippen molar-refractivity contribution in [2.24, 2.45) is 0 Å². The van der Waals surface area contributed by atoms with Crippen molar-refractivity contribution in [2.45, 2.75) is 43.5 Å². The van der Waals surface area contributed by atoms with Crippen LogP contribution in [0.2, 0.25) is 0 Å². The lowest BCUT2D eigenvalue weighted by atomic mass is 9.72. The first-order chi connectivity index (χ1) is 14.2. The lowest BCUT2D eigenvalue weighted by Gasteiger charge is -2.44. The van der Waals surface area contributed by atoms with Gasteiger partial charge in [0.25, 0.3) is 0 Å². The zero-order valence-electron chi connectivity index (χ0n) is 15.8. The first-order valence-electron chi connectivity index (χ1n) is 9.27. The number of aromatic hydroxyl groups is 2. The summed E-state index contributed by atoms with van der Waals surface area (Å²) in [7, 11) is 0. The fraction of sp³-hybridized carbons (Fsp3) is 0.333. The maximum Gasteiger partial charge on any atom is 0.305 e. The fourth-order valence-corrected chi connectivity index (χ4v) is 4.18. The SMILES string of the molecule is CC(=O)OC1OC(C2c3cccc(O)c3C(=O)c3c(O)cccc32)C(O)C(O)C1O. The van der Waals surface area contributed by atoms with E-state index in [9.17, 15) is 35.1 Å². The summed E-state index contributed by atoms with van der Waals surface area (Å²) in [5.74, 6) is -2.94. The van der Waals surface area contributed by atoms with Gasteiger partial charge in [-0.15, -0.1) is 0 Å². The summed E-state index contributed by atoms with van der Waals surface area (Å²) < 4.78 is 10.6. The number of ether oxygens (including phenoxy) is 2. The van der Waals surface area contributed by atoms with Crippen LogP contribution in [-0.2, 0) is 14.3 Å². The van der Waals surface area contributed by atoms with Crippen molar-refractivity contribution in [1.82, 2.24) is 0 Å². The fourth-order valence-electron chi connectivity index (χ4n) is 4.18. The van der Waals surface area contributed by atoms with E-state index in [2.05, 4.69) is 0 Å². The predicted octanol–water partition coefficient (Wildman–Crippen LogP) is 0.145. The number of carbonyl (C=O) groups is 2. The van der Waals surface area contributed by atoms with Gasteiger partial charge in [0.15, 0.2) is 0 Å². The molecule has 9 nitrogen and oxygen atoms in total. The normalized spacial score (nSPS) is 28.5. The largest absolute Gasteiger partial charge is 0.507 e. The van der Waals surface area contributed by atoms with E-state index in [0.717, 1.165) is 6.92 Å². The summed E-state index contributed by atoms with van der Waals surface area (Å²) in [6, 6.07) is 8.75. The molecule has 4 rings (SSSR count). The molecule has 158 valence electrons. The molecule has 5 unspecified atom stereocenters. The van der Waals surface area contributed by atoms with Crippen molar-refractivity contribution in [1.29, 1.82) is 0 Å². The second-order valence-electron chi connectivity index (χ2n) is 7.34. The van der Waals surface area contributed by atoms with Crippen LogP contribution in [0.3, 0.4) is 0 Å². The maximum atomic E-state index is 13.0. The molecule has 2 aliphatic rings. The van der Waals surface area contributed by atoms with Crippen LogP contribution in [0.5, 0.6) is 11.5 Å². The van der Waals surface area contributed by atoms with E-state index in [4.69, 9.17) is 9.47 Å². The van der Waals surface area contributed by atoms with Gasteiger partial charge in [-0.25, -0.2) is 0 Å². The van der Waals surface area contributed by atoms with E-state index in [0.29, 0.717) is 11.1 Å². The maximum absolute atomic E-state index is 13.0. The molecule has 0 spiro atoms. The molecule has 5 N–H and O–H groups in total. The number of ketones is 1. The third kappa shape index (κ3) is 3.03. The van der Waals surface area contributed by atoms with Gasteiger partial charge in [-0.1, -0.05) is 24.3 Å². The van der Waals surface area contributed by atoms with Crippen molar-refractivity contribution in [2.75, 3.05) is 0 Å². The Kier molecular flexibility index (Phi) is 4.99. The minimum Gasteiger partial charge on any atom is -0.507 e. The molecule has 2 aromatic carbocycles. The van der Waals surface area contributed by atoms with Crippen LogP contribution in [0, 0.1) is 0 Å². The van der Waals surface area contributed by atoms with Crippen molar-refractivity contribution < 1.29 is 44.6 Å². The first kappa shape index (κ1) is 20.3. The second kappa shape index (κ2) is 7.37. The Morgan fingerprint density at radius 2 is 1.43 bits per heavy atom. The molecule has 2 aromatic rings. The molecule has 1 fully saturated rings. The van der Waals surface area contributed by atoms with E-state index in [-0.39, 0.29) is 22.6 Å². The minimum atomic E-state index is -1.72. The quantitative estimate of drug-likeness (QED) is 0.430. The average molecular weight is 416 g/mol. The van der Waals surface area contributed by atoms with Crippen LogP contribution in [0.15, 0.2) is 36.4 Å². The average Bonchev–Trinajstić information content (AvgIpc) is 2.69. The van der Waals surface area contributed by atoms with Crippen LogP contribution < -0.4 is 0 Å². The van der Waals surface area contributed by atoms with E-state index in [1.807, 2.05) is 0 Å². The third-order valence-electron chi connectivity index (χ3n) is 5.49. The Morgan fingerprint density at radius 3 is 1.93 bits per heavy atom. The van der Waals surface area contributed by atoms with Crippen molar-refractivity contribution in [3.8, 4) is 11.5 Å². The Bertz CT molecular complexity index is 962. The van der Waals surface area contributed by atoms with Crippen molar-refractivity contribution in [3.63, 3.8) is 0 Å². The van der Waals surface area contributed by atoms with Gasteiger partial charge in [-0.05, 0) is 23.3 Å². The zero-order chi connectivity index (χ0) is 21.7. The number of phenolic OH excluding ortho intramolecular Hbond substituents is 2. The number of aliphatic hydroxyl groups is 3. The van der Waals surface area contributed by atoms with Crippen molar-refractivity contribution >= 4 is 11.8 Å². The molecule has 0 bridgehead atoms. The number of benzene rings is 2. The van der Waals surface area contributed by atoms with Gasteiger partial charge in [-0.2, -0.15) is 0 Å². The summed E-state index contributed by atoms with van der Waals surface area (Å²) in [5.41, 5.74) is 0.452. The van der Waals surface area contributed by atoms with Crippen LogP contribution >= 0.6 is 0 Å². The van der Waals surface area contributed by atoms with Gasteiger partial charge in [0.05, 0.1) is 11.1 Å². The van der Waals surface area contributed by atoms with E-state index >= 15 is 0 Å². The molecule has 30 heavy (non-hydrogen) atoms. The monoisotopic (exact) mass is 416 g/mol. The number of carbonyl (C=O) groups excluding carboxylic acids is 2. The Balaban J connectivity index is 1.89. The summed E-state index contributed by atoms with van der Waals surface area (Å²) in [5, 5.41) is 51.8. The van der Waals surface area contributed by atoms with Gasteiger partial charge < -0.3 is 35.0 Å². The highest BCUT2D eigenvalue weighted by Crippen LogP contribution is 2.47. The molecule has 9 heteroatoms. The molecular weight excluding hydrogens is 396 g/mol. The van der Waals surface area contributed by atoms with Crippen molar-refractivity contribution in [3.05, 3.63) is 58.7 Å². The number of fused-ring (bicyclic) bond motifs is 2. The second-order valence-corrected chi connectivity index (χ2v) is 7.34. The van der Waals surface area contributed by atoms with Crippen LogP contribution in [0.25, 0.3) is 0 Å². The highest BCUT2D eigenvalue weighted by molar-refractivity contribution is 6.16. The van der Waals surface area contributed by atoms with Gasteiger partial charge >= 0.3 is 5.97 Å². The smallest absolute Gasteiger partial charge is 0.305 e. The number of esters is 1. The number of phenols is 2. The molecule has 0 amide bonds. The Morgan fingerprint density at radius 1 is 0.900 bits per heavy atom. The minimum absolute atomic E-state index is 0.0723. The van der Waals surface area contributed by atoms with Gasteiger partial charge in [0.1, 0.15) is 35.9 Å². The Hall–Kier alpha value is -2.98. The summed E-state index contributed by atoms with van der Waals surface area (Å²) in [6.07, 6.45) is -7.88. The molecule has 0 aromatic heterocycles. The van der Waals surface area contributed by atoms with Crippen LogP contribution in [0.1, 0.15) is 39.9 Å². The zero-order valence-corrected chi connectivity index (χ0v) is 15.8. The number of hydrogen-bond acceptors (Lipinski definition) is 9. The van der Waals surface area contributed by atoms with E-state index in [1.165, 1.54) is 24.3 Å². The van der Waals surface area contributed by atoms with Gasteiger partial charge in [0, 0.05) is 12.8 Å². The summed E-state index contributed by atoms with van der Waals surface area (Å²) in [6.45, 7) is 1.10. The molecule has 5 atom stereocenters. The molecule has 0 radical (unpaired) electrons. The third-order valence-corrected chi connectivity index (χ3v) is 5.49. The summed E-state index contributed by atoms with van der Waals surface area (Å²) in [4.78, 5) is 24.4. The summed E-state index contributed by atoms with van der Waals surface area (Å²) >= 11 is 0. The molecule has 1 saturated heterocycles. The highest BCUT2D eigenvalue weighted by atomic mass is 16.7. The molecular formula is C21H20O9. The van der Waals surface area contributed by atoms with Gasteiger partial charge in [0.2, 0.25) is 12.1 Å². The van der Waals surface area contributed by atoms with Gasteiger partial charge in [-0.3, -0.25) is 9.59 Å². The number of rotatable bonds is 2.